The van der Waals surface area contributed by atoms with Crippen LogP contribution in [0.5, 0.6) is 5.75 Å². The predicted octanol–water partition coefficient (Wildman–Crippen LogP) is 4.07. The quantitative estimate of drug-likeness (QED) is 0.618. The minimum atomic E-state index is -0.630. The summed E-state index contributed by atoms with van der Waals surface area (Å²) in [5, 5.41) is 12.5. The van der Waals surface area contributed by atoms with Crippen molar-refractivity contribution in [3.8, 4) is 34.2 Å². The van der Waals surface area contributed by atoms with E-state index >= 15 is 0 Å². The van der Waals surface area contributed by atoms with Gasteiger partial charge in [0.05, 0.1) is 23.9 Å². The van der Waals surface area contributed by atoms with Crippen molar-refractivity contribution in [2.45, 2.75) is 25.7 Å². The van der Waals surface area contributed by atoms with Gasteiger partial charge in [0.2, 0.25) is 0 Å². The van der Waals surface area contributed by atoms with Gasteiger partial charge in [0.1, 0.15) is 23.5 Å². The van der Waals surface area contributed by atoms with E-state index in [2.05, 4.69) is 5.32 Å². The Morgan fingerprint density at radius 2 is 1.88 bits per heavy atom. The van der Waals surface area contributed by atoms with E-state index in [0.717, 1.165) is 32.4 Å². The number of halogens is 1. The molecule has 2 heterocycles. The Kier molecular flexibility index (Phi) is 6.85. The molecule has 0 saturated carbocycles. The summed E-state index contributed by atoms with van der Waals surface area (Å²) in [5.74, 6) is 1.32. The first-order valence-electron chi connectivity index (χ1n) is 11.2. The molecule has 1 N–H and O–H groups in total. The summed E-state index contributed by atoms with van der Waals surface area (Å²) in [6.45, 7) is 2.03. The van der Waals surface area contributed by atoms with Crippen molar-refractivity contribution in [3.63, 3.8) is 0 Å². The largest absolute Gasteiger partial charge is 0.497 e. The zero-order chi connectivity index (χ0) is 23.4. The van der Waals surface area contributed by atoms with Crippen LogP contribution >= 0.6 is 0 Å². The SMILES string of the molecule is COc1ccc(-c2c(-c3ccc(C#N)c(F)c3)nc(CCC3CCNCC3)n(C)c2=O)cc1. The number of methoxy groups -OCH3 is 1. The molecule has 0 unspecified atom stereocenters. The zero-order valence-corrected chi connectivity index (χ0v) is 18.9. The second-order valence-electron chi connectivity index (χ2n) is 8.38. The molecule has 0 spiro atoms. The molecule has 3 aromatic rings. The van der Waals surface area contributed by atoms with E-state index < -0.39 is 5.82 Å². The topological polar surface area (TPSA) is 79.9 Å². The Balaban J connectivity index is 1.82. The van der Waals surface area contributed by atoms with E-state index in [1.54, 1.807) is 49.1 Å². The Hall–Kier alpha value is -3.50. The van der Waals surface area contributed by atoms with E-state index in [1.807, 2.05) is 6.07 Å². The third kappa shape index (κ3) is 4.81. The van der Waals surface area contributed by atoms with Crippen molar-refractivity contribution in [2.24, 2.45) is 13.0 Å². The van der Waals surface area contributed by atoms with E-state index in [0.29, 0.717) is 46.3 Å². The lowest BCUT2D eigenvalue weighted by Gasteiger charge is -2.23. The van der Waals surface area contributed by atoms with Crippen LogP contribution in [-0.2, 0) is 13.5 Å². The van der Waals surface area contributed by atoms with Crippen LogP contribution in [0.3, 0.4) is 0 Å². The fraction of sp³-hybridized carbons (Fsp3) is 0.346. The molecule has 2 aromatic carbocycles. The molecule has 4 rings (SSSR count). The van der Waals surface area contributed by atoms with Crippen molar-refractivity contribution in [1.82, 2.24) is 14.9 Å². The molecular weight excluding hydrogens is 419 g/mol. The molecule has 170 valence electrons. The molecule has 0 bridgehead atoms. The van der Waals surface area contributed by atoms with Gasteiger partial charge < -0.3 is 10.1 Å². The maximum absolute atomic E-state index is 14.5. The molecule has 0 atom stereocenters. The first kappa shape index (κ1) is 22.7. The van der Waals surface area contributed by atoms with Crippen LogP contribution in [0.2, 0.25) is 0 Å². The molecule has 0 amide bonds. The Morgan fingerprint density at radius 1 is 1.18 bits per heavy atom. The summed E-state index contributed by atoms with van der Waals surface area (Å²) in [6.07, 6.45) is 3.85. The van der Waals surface area contributed by atoms with Gasteiger partial charge in [0.25, 0.3) is 5.56 Å². The molecule has 0 radical (unpaired) electrons. The lowest BCUT2D eigenvalue weighted by atomic mass is 9.93. The van der Waals surface area contributed by atoms with Gasteiger partial charge in [-0.15, -0.1) is 0 Å². The third-order valence-electron chi connectivity index (χ3n) is 6.36. The third-order valence-corrected chi connectivity index (χ3v) is 6.36. The number of rotatable bonds is 6. The number of ether oxygens (including phenoxy) is 1. The van der Waals surface area contributed by atoms with Crippen LogP contribution in [-0.4, -0.2) is 29.8 Å². The van der Waals surface area contributed by atoms with E-state index in [-0.39, 0.29) is 11.1 Å². The summed E-state index contributed by atoms with van der Waals surface area (Å²) in [4.78, 5) is 18.4. The van der Waals surface area contributed by atoms with E-state index in [4.69, 9.17) is 15.0 Å². The Bertz CT molecular complexity index is 1240. The van der Waals surface area contributed by atoms with Crippen molar-refractivity contribution < 1.29 is 9.13 Å². The second-order valence-corrected chi connectivity index (χ2v) is 8.38. The van der Waals surface area contributed by atoms with Crippen LogP contribution in [0.15, 0.2) is 47.3 Å². The molecule has 33 heavy (non-hydrogen) atoms. The molecular formula is C26H27FN4O2. The zero-order valence-electron chi connectivity index (χ0n) is 18.9. The van der Waals surface area contributed by atoms with Crippen LogP contribution in [0.25, 0.3) is 22.4 Å². The number of nitriles is 1. The lowest BCUT2D eigenvalue weighted by molar-refractivity contribution is 0.350. The van der Waals surface area contributed by atoms with Crippen molar-refractivity contribution in [3.05, 3.63) is 70.0 Å². The Labute approximate surface area is 192 Å². The van der Waals surface area contributed by atoms with Crippen LogP contribution in [0, 0.1) is 23.1 Å². The van der Waals surface area contributed by atoms with E-state index in [9.17, 15) is 9.18 Å². The van der Waals surface area contributed by atoms with Crippen LogP contribution in [0.4, 0.5) is 4.39 Å². The van der Waals surface area contributed by atoms with Gasteiger partial charge in [0.15, 0.2) is 0 Å². The highest BCUT2D eigenvalue weighted by atomic mass is 19.1. The average Bonchev–Trinajstić information content (AvgIpc) is 2.85. The fourth-order valence-electron chi connectivity index (χ4n) is 4.35. The molecule has 1 aromatic heterocycles. The summed E-state index contributed by atoms with van der Waals surface area (Å²) in [7, 11) is 3.32. The van der Waals surface area contributed by atoms with Crippen molar-refractivity contribution in [1.29, 1.82) is 5.26 Å². The maximum Gasteiger partial charge on any atom is 0.261 e. The molecule has 1 saturated heterocycles. The standard InChI is InChI=1S/C26H27FN4O2/c1-31-23(10-3-17-11-13-29-14-12-17)30-25(19-4-5-20(16-28)22(27)15-19)24(26(31)32)18-6-8-21(33-2)9-7-18/h4-9,15,17,29H,3,10-14H2,1-2H3. The number of nitrogens with zero attached hydrogens (tertiary/aromatic N) is 3. The lowest BCUT2D eigenvalue weighted by Crippen LogP contribution is -2.29. The van der Waals surface area contributed by atoms with Gasteiger partial charge in [-0.3, -0.25) is 9.36 Å². The highest BCUT2D eigenvalue weighted by Crippen LogP contribution is 2.31. The second kappa shape index (κ2) is 9.97. The molecule has 0 aliphatic carbocycles. The monoisotopic (exact) mass is 446 g/mol. The number of aryl methyl sites for hydroxylation is 1. The summed E-state index contributed by atoms with van der Waals surface area (Å²) in [5.41, 5.74) is 1.74. The highest BCUT2D eigenvalue weighted by Gasteiger charge is 2.20. The summed E-state index contributed by atoms with van der Waals surface area (Å²) >= 11 is 0. The number of hydrogen-bond donors (Lipinski definition) is 1. The fourth-order valence-corrected chi connectivity index (χ4v) is 4.35. The van der Waals surface area contributed by atoms with Crippen LogP contribution < -0.4 is 15.6 Å². The van der Waals surface area contributed by atoms with Gasteiger partial charge >= 0.3 is 0 Å². The Morgan fingerprint density at radius 3 is 2.52 bits per heavy atom. The van der Waals surface area contributed by atoms with Crippen molar-refractivity contribution >= 4 is 0 Å². The summed E-state index contributed by atoms with van der Waals surface area (Å²) < 4.78 is 21.3. The number of nitrogens with one attached hydrogen (secondary N) is 1. The van der Waals surface area contributed by atoms with Gasteiger partial charge in [-0.05, 0) is 68.1 Å². The van der Waals surface area contributed by atoms with Crippen LogP contribution in [0.1, 0.15) is 30.7 Å². The number of benzene rings is 2. The van der Waals surface area contributed by atoms with E-state index in [1.165, 1.54) is 12.1 Å². The number of aromatic nitrogens is 2. The molecule has 7 heteroatoms. The maximum atomic E-state index is 14.5. The first-order chi connectivity index (χ1) is 16.0. The van der Waals surface area contributed by atoms with Gasteiger partial charge in [0, 0.05) is 19.0 Å². The molecule has 1 fully saturated rings. The number of piperidine rings is 1. The minimum absolute atomic E-state index is 0.0419. The highest BCUT2D eigenvalue weighted by molar-refractivity contribution is 5.80. The minimum Gasteiger partial charge on any atom is -0.497 e. The smallest absolute Gasteiger partial charge is 0.261 e. The predicted molar refractivity (Wildman–Crippen MR) is 125 cm³/mol. The van der Waals surface area contributed by atoms with Crippen molar-refractivity contribution in [2.75, 3.05) is 20.2 Å². The normalized spacial score (nSPS) is 14.1. The van der Waals surface area contributed by atoms with Gasteiger partial charge in [-0.2, -0.15) is 5.26 Å². The molecule has 1 aliphatic rings. The first-order valence-corrected chi connectivity index (χ1v) is 11.2. The molecule has 6 nitrogen and oxygen atoms in total. The molecule has 1 aliphatic heterocycles. The number of hydrogen-bond acceptors (Lipinski definition) is 5. The average molecular weight is 447 g/mol. The van der Waals surface area contributed by atoms with Gasteiger partial charge in [-0.25, -0.2) is 9.37 Å². The van der Waals surface area contributed by atoms with Gasteiger partial charge in [-0.1, -0.05) is 18.2 Å². The summed E-state index contributed by atoms with van der Waals surface area (Å²) in [6, 6.07) is 13.4.